The van der Waals surface area contributed by atoms with E-state index in [2.05, 4.69) is 61.5 Å². The number of anilines is 1. The van der Waals surface area contributed by atoms with Gasteiger partial charge >= 0.3 is 0 Å². The van der Waals surface area contributed by atoms with Crippen molar-refractivity contribution in [2.24, 2.45) is 0 Å². The summed E-state index contributed by atoms with van der Waals surface area (Å²) in [6.07, 6.45) is 3.35. The summed E-state index contributed by atoms with van der Waals surface area (Å²) in [7, 11) is 0. The molecule has 2 nitrogen and oxygen atoms in total. The third-order valence-electron chi connectivity index (χ3n) is 5.16. The average molecular weight is 329 g/mol. The van der Waals surface area contributed by atoms with Crippen LogP contribution in [0.2, 0.25) is 0 Å². The Kier molecular flexibility index (Phi) is 4.04. The van der Waals surface area contributed by atoms with E-state index in [1.807, 2.05) is 4.90 Å². The van der Waals surface area contributed by atoms with Crippen LogP contribution in [0, 0.1) is 0 Å². The van der Waals surface area contributed by atoms with Crippen molar-refractivity contribution < 1.29 is 4.79 Å². The van der Waals surface area contributed by atoms with Crippen LogP contribution in [-0.4, -0.2) is 12.5 Å². The first-order valence-electron chi connectivity index (χ1n) is 9.15. The van der Waals surface area contributed by atoms with E-state index in [0.717, 1.165) is 31.5 Å². The van der Waals surface area contributed by atoms with Crippen molar-refractivity contribution in [3.63, 3.8) is 0 Å². The van der Waals surface area contributed by atoms with E-state index in [9.17, 15) is 4.79 Å². The molecular weight excluding hydrogens is 306 g/mol. The van der Waals surface area contributed by atoms with Crippen LogP contribution < -0.4 is 4.90 Å². The van der Waals surface area contributed by atoms with E-state index in [1.54, 1.807) is 6.92 Å². The van der Waals surface area contributed by atoms with Crippen molar-refractivity contribution in [2.75, 3.05) is 11.4 Å². The maximum atomic E-state index is 12.3. The molecule has 0 heterocycles. The lowest BCUT2D eigenvalue weighted by atomic mass is 9.93. The van der Waals surface area contributed by atoms with Crippen molar-refractivity contribution in [2.45, 2.75) is 33.1 Å². The van der Waals surface area contributed by atoms with Gasteiger partial charge in [-0.2, -0.15) is 0 Å². The first-order chi connectivity index (χ1) is 12.2. The van der Waals surface area contributed by atoms with Crippen molar-refractivity contribution in [1.29, 1.82) is 0 Å². The summed E-state index contributed by atoms with van der Waals surface area (Å²) in [4.78, 5) is 14.3. The fourth-order valence-corrected chi connectivity index (χ4v) is 3.92. The predicted molar refractivity (Wildman–Crippen MR) is 108 cm³/mol. The molecule has 0 bridgehead atoms. The Morgan fingerprint density at radius 1 is 0.840 bits per heavy atom. The van der Waals surface area contributed by atoms with E-state index in [-0.39, 0.29) is 5.91 Å². The zero-order chi connectivity index (χ0) is 17.4. The van der Waals surface area contributed by atoms with E-state index in [0.29, 0.717) is 0 Å². The highest BCUT2D eigenvalue weighted by atomic mass is 16.2. The third-order valence-corrected chi connectivity index (χ3v) is 5.16. The number of benzene rings is 4. The molecule has 4 rings (SSSR count). The molecule has 0 radical (unpaired) electrons. The summed E-state index contributed by atoms with van der Waals surface area (Å²) in [5, 5.41) is 7.50. The van der Waals surface area contributed by atoms with Gasteiger partial charge in [0.25, 0.3) is 0 Å². The molecule has 0 atom stereocenters. The van der Waals surface area contributed by atoms with Gasteiger partial charge in [-0.3, -0.25) is 4.79 Å². The summed E-state index contributed by atoms with van der Waals surface area (Å²) >= 11 is 0. The summed E-state index contributed by atoms with van der Waals surface area (Å²) in [5.41, 5.74) is 1.04. The maximum absolute atomic E-state index is 12.3. The Morgan fingerprint density at radius 3 is 2.16 bits per heavy atom. The monoisotopic (exact) mass is 329 g/mol. The number of hydrogen-bond donors (Lipinski definition) is 0. The zero-order valence-corrected chi connectivity index (χ0v) is 14.9. The SMILES string of the molecule is CCCCCN(C(C)=O)c1ccc2ccc3cccc4ccc1c2c34. The minimum absolute atomic E-state index is 0.117. The summed E-state index contributed by atoms with van der Waals surface area (Å²) < 4.78 is 0. The van der Waals surface area contributed by atoms with Gasteiger partial charge in [0.1, 0.15) is 0 Å². The Labute approximate surface area is 148 Å². The molecule has 2 heteroatoms. The van der Waals surface area contributed by atoms with E-state index in [1.165, 1.54) is 32.3 Å². The molecule has 0 aliphatic rings. The number of rotatable bonds is 5. The number of carbonyl (C=O) groups excluding carboxylic acids is 1. The summed E-state index contributed by atoms with van der Waals surface area (Å²) in [5.74, 6) is 0.117. The van der Waals surface area contributed by atoms with Gasteiger partial charge in [-0.1, -0.05) is 68.3 Å². The van der Waals surface area contributed by atoms with E-state index in [4.69, 9.17) is 0 Å². The first kappa shape index (κ1) is 15.9. The van der Waals surface area contributed by atoms with Gasteiger partial charge in [0.05, 0.1) is 5.69 Å². The topological polar surface area (TPSA) is 20.3 Å². The van der Waals surface area contributed by atoms with Crippen molar-refractivity contribution >= 4 is 43.9 Å². The standard InChI is InChI=1S/C23H23NO/c1-3-4-5-15-24(16(2)25)21-14-12-19-10-9-17-7-6-8-18-11-13-20(21)23(19)22(17)18/h6-14H,3-5,15H2,1-2H3. The van der Waals surface area contributed by atoms with E-state index < -0.39 is 0 Å². The van der Waals surface area contributed by atoms with Gasteiger partial charge in [-0.15, -0.1) is 0 Å². The van der Waals surface area contributed by atoms with Gasteiger partial charge < -0.3 is 4.90 Å². The number of nitrogens with zero attached hydrogens (tertiary/aromatic N) is 1. The molecule has 4 aromatic rings. The Bertz CT molecular complexity index is 1030. The van der Waals surface area contributed by atoms with Crippen LogP contribution in [0.5, 0.6) is 0 Å². The van der Waals surface area contributed by atoms with Gasteiger partial charge in [-0.05, 0) is 39.4 Å². The van der Waals surface area contributed by atoms with Crippen LogP contribution in [0.4, 0.5) is 5.69 Å². The largest absolute Gasteiger partial charge is 0.312 e. The van der Waals surface area contributed by atoms with Gasteiger partial charge in [0, 0.05) is 18.9 Å². The smallest absolute Gasteiger partial charge is 0.223 e. The van der Waals surface area contributed by atoms with Crippen molar-refractivity contribution in [1.82, 2.24) is 0 Å². The highest BCUT2D eigenvalue weighted by Gasteiger charge is 2.17. The van der Waals surface area contributed by atoms with Crippen LogP contribution in [0.25, 0.3) is 32.3 Å². The number of unbranched alkanes of at least 4 members (excludes halogenated alkanes) is 2. The Balaban J connectivity index is 1.96. The minimum Gasteiger partial charge on any atom is -0.312 e. The highest BCUT2D eigenvalue weighted by Crippen LogP contribution is 2.38. The molecule has 1 amide bonds. The lowest BCUT2D eigenvalue weighted by Gasteiger charge is -2.24. The molecule has 25 heavy (non-hydrogen) atoms. The summed E-state index contributed by atoms with van der Waals surface area (Å²) in [6.45, 7) is 4.64. The maximum Gasteiger partial charge on any atom is 0.223 e. The molecule has 0 aromatic heterocycles. The van der Waals surface area contributed by atoms with Gasteiger partial charge in [-0.25, -0.2) is 0 Å². The minimum atomic E-state index is 0.117. The molecule has 126 valence electrons. The lowest BCUT2D eigenvalue weighted by molar-refractivity contribution is -0.116. The zero-order valence-electron chi connectivity index (χ0n) is 14.9. The molecule has 0 N–H and O–H groups in total. The molecular formula is C23H23NO. The second-order valence-corrected chi connectivity index (χ2v) is 6.82. The first-order valence-corrected chi connectivity index (χ1v) is 9.15. The van der Waals surface area contributed by atoms with Crippen molar-refractivity contribution in [3.8, 4) is 0 Å². The second kappa shape index (κ2) is 6.36. The van der Waals surface area contributed by atoms with Crippen LogP contribution >= 0.6 is 0 Å². The lowest BCUT2D eigenvalue weighted by Crippen LogP contribution is -2.29. The molecule has 0 fully saturated rings. The molecule has 4 aromatic carbocycles. The molecule has 0 unspecified atom stereocenters. The summed E-state index contributed by atoms with van der Waals surface area (Å²) in [6, 6.07) is 19.4. The van der Waals surface area contributed by atoms with Crippen LogP contribution in [-0.2, 0) is 4.79 Å². The predicted octanol–water partition coefficient (Wildman–Crippen LogP) is 6.13. The fraction of sp³-hybridized carbons (Fsp3) is 0.261. The molecule has 0 saturated carbocycles. The Morgan fingerprint density at radius 2 is 1.48 bits per heavy atom. The highest BCUT2D eigenvalue weighted by molar-refractivity contribution is 6.26. The quantitative estimate of drug-likeness (QED) is 0.319. The second-order valence-electron chi connectivity index (χ2n) is 6.82. The van der Waals surface area contributed by atoms with Gasteiger partial charge in [0.2, 0.25) is 5.91 Å². The molecule has 0 saturated heterocycles. The molecule has 0 aliphatic heterocycles. The Hall–Kier alpha value is -2.61. The normalized spacial score (nSPS) is 11.6. The van der Waals surface area contributed by atoms with E-state index >= 15 is 0 Å². The van der Waals surface area contributed by atoms with Gasteiger partial charge in [0.15, 0.2) is 0 Å². The number of amides is 1. The number of carbonyl (C=O) groups is 1. The molecule has 0 spiro atoms. The fourth-order valence-electron chi connectivity index (χ4n) is 3.92. The van der Waals surface area contributed by atoms with Crippen LogP contribution in [0.3, 0.4) is 0 Å². The number of hydrogen-bond acceptors (Lipinski definition) is 1. The van der Waals surface area contributed by atoms with Crippen LogP contribution in [0.15, 0.2) is 54.6 Å². The van der Waals surface area contributed by atoms with Crippen LogP contribution in [0.1, 0.15) is 33.1 Å². The third kappa shape index (κ3) is 2.62. The molecule has 0 aliphatic carbocycles. The average Bonchev–Trinajstić information content (AvgIpc) is 2.63. The van der Waals surface area contributed by atoms with Crippen molar-refractivity contribution in [3.05, 3.63) is 54.6 Å².